The Morgan fingerprint density at radius 2 is 2.00 bits per heavy atom. The fraction of sp³-hybridized carbons (Fsp3) is 0.412. The second-order valence-electron chi connectivity index (χ2n) is 5.97. The molecule has 2 amide bonds. The lowest BCUT2D eigenvalue weighted by Gasteiger charge is -2.24. The molecule has 130 valence electrons. The lowest BCUT2D eigenvalue weighted by molar-refractivity contribution is 0.162. The van der Waals surface area contributed by atoms with Crippen molar-refractivity contribution in [1.82, 2.24) is 15.2 Å². The Morgan fingerprint density at radius 3 is 2.71 bits per heavy atom. The van der Waals surface area contributed by atoms with E-state index in [2.05, 4.69) is 15.6 Å². The highest BCUT2D eigenvalue weighted by Crippen LogP contribution is 2.24. The Labute approximate surface area is 148 Å². The number of aromatic nitrogens is 1. The Bertz CT molecular complexity index is 702. The fourth-order valence-corrected chi connectivity index (χ4v) is 2.59. The molecule has 2 N–H and O–H groups in total. The first kappa shape index (κ1) is 18.3. The third kappa shape index (κ3) is 4.49. The van der Waals surface area contributed by atoms with Crippen molar-refractivity contribution in [3.8, 4) is 5.75 Å². The number of piperidine rings is 1. The largest absolute Gasteiger partial charge is 0.490 e. The van der Waals surface area contributed by atoms with E-state index in [1.54, 1.807) is 20.3 Å². The summed E-state index contributed by atoms with van der Waals surface area (Å²) >= 11 is 0. The molecule has 0 bridgehead atoms. The number of rotatable bonds is 3. The number of amides is 2. The number of benzene rings is 1. The lowest BCUT2D eigenvalue weighted by Crippen LogP contribution is -2.34. The van der Waals surface area contributed by atoms with Crippen molar-refractivity contribution >= 4 is 35.0 Å². The van der Waals surface area contributed by atoms with Gasteiger partial charge in [-0.25, -0.2) is 9.78 Å². The van der Waals surface area contributed by atoms with Crippen molar-refractivity contribution in [3.63, 3.8) is 0 Å². The first-order valence-corrected chi connectivity index (χ1v) is 7.87. The molecule has 6 nitrogen and oxygen atoms in total. The maximum Gasteiger partial charge on any atom is 0.322 e. The molecular formula is C17H23ClN4O2. The number of hydrogen-bond acceptors (Lipinski definition) is 4. The van der Waals surface area contributed by atoms with E-state index in [4.69, 9.17) is 4.74 Å². The zero-order valence-corrected chi connectivity index (χ0v) is 14.7. The molecule has 1 aliphatic heterocycles. The van der Waals surface area contributed by atoms with Gasteiger partial charge in [-0.3, -0.25) is 5.32 Å². The number of halogens is 1. The summed E-state index contributed by atoms with van der Waals surface area (Å²) < 4.78 is 6.07. The fourth-order valence-electron chi connectivity index (χ4n) is 2.59. The molecule has 3 rings (SSSR count). The number of hydrogen-bond donors (Lipinski definition) is 2. The second kappa shape index (κ2) is 8.17. The summed E-state index contributed by atoms with van der Waals surface area (Å²) in [6.07, 6.45) is 4.08. The molecule has 0 spiro atoms. The van der Waals surface area contributed by atoms with Gasteiger partial charge in [-0.05, 0) is 55.6 Å². The van der Waals surface area contributed by atoms with Gasteiger partial charge in [-0.1, -0.05) is 0 Å². The Balaban J connectivity index is 0.00000208. The van der Waals surface area contributed by atoms with Gasteiger partial charge in [-0.2, -0.15) is 0 Å². The first-order valence-electron chi connectivity index (χ1n) is 7.87. The van der Waals surface area contributed by atoms with Crippen LogP contribution in [-0.4, -0.2) is 49.2 Å². The van der Waals surface area contributed by atoms with Gasteiger partial charge in [0.15, 0.2) is 0 Å². The molecule has 1 aromatic carbocycles. The summed E-state index contributed by atoms with van der Waals surface area (Å²) in [7, 11) is 3.39. The van der Waals surface area contributed by atoms with E-state index < -0.39 is 0 Å². The van der Waals surface area contributed by atoms with Crippen LogP contribution in [0.25, 0.3) is 10.8 Å². The summed E-state index contributed by atoms with van der Waals surface area (Å²) in [4.78, 5) is 17.5. The Morgan fingerprint density at radius 1 is 1.25 bits per heavy atom. The Kier molecular flexibility index (Phi) is 6.23. The molecule has 24 heavy (non-hydrogen) atoms. The van der Waals surface area contributed by atoms with Gasteiger partial charge in [0, 0.05) is 25.7 Å². The number of anilines is 1. The molecule has 7 heteroatoms. The minimum atomic E-state index is -0.195. The number of fused-ring (bicyclic) bond motifs is 1. The number of urea groups is 1. The van der Waals surface area contributed by atoms with Crippen LogP contribution in [0, 0.1) is 0 Å². The number of carbonyl (C=O) groups is 1. The average Bonchev–Trinajstić information content (AvgIpc) is 2.55. The molecule has 1 aromatic heterocycles. The molecule has 0 atom stereocenters. The van der Waals surface area contributed by atoms with E-state index in [9.17, 15) is 4.79 Å². The molecule has 1 saturated heterocycles. The van der Waals surface area contributed by atoms with E-state index in [-0.39, 0.29) is 24.5 Å². The third-order valence-corrected chi connectivity index (χ3v) is 3.92. The average molecular weight is 351 g/mol. The van der Waals surface area contributed by atoms with E-state index in [0.717, 1.165) is 42.5 Å². The summed E-state index contributed by atoms with van der Waals surface area (Å²) in [5.74, 6) is 1.40. The van der Waals surface area contributed by atoms with Gasteiger partial charge < -0.3 is 15.0 Å². The van der Waals surface area contributed by atoms with Crippen molar-refractivity contribution in [3.05, 3.63) is 30.5 Å². The van der Waals surface area contributed by atoms with E-state index >= 15 is 0 Å². The van der Waals surface area contributed by atoms with Crippen molar-refractivity contribution in [2.75, 3.05) is 32.5 Å². The van der Waals surface area contributed by atoms with Crippen LogP contribution in [0.1, 0.15) is 12.8 Å². The van der Waals surface area contributed by atoms with Gasteiger partial charge in [0.2, 0.25) is 0 Å². The molecule has 2 aromatic rings. The minimum absolute atomic E-state index is 0. The van der Waals surface area contributed by atoms with E-state index in [1.807, 2.05) is 24.3 Å². The zero-order valence-electron chi connectivity index (χ0n) is 13.9. The summed E-state index contributed by atoms with van der Waals surface area (Å²) in [6.45, 7) is 2.01. The number of carbonyl (C=O) groups excluding carboxylic acids is 1. The molecule has 1 fully saturated rings. The quantitative estimate of drug-likeness (QED) is 0.893. The topological polar surface area (TPSA) is 66.5 Å². The van der Waals surface area contributed by atoms with Crippen molar-refractivity contribution in [1.29, 1.82) is 0 Å². The third-order valence-electron chi connectivity index (χ3n) is 3.92. The summed E-state index contributed by atoms with van der Waals surface area (Å²) in [6, 6.07) is 7.65. The maximum atomic E-state index is 11.7. The van der Waals surface area contributed by atoms with Crippen LogP contribution in [0.2, 0.25) is 0 Å². The summed E-state index contributed by atoms with van der Waals surface area (Å²) in [5.41, 5.74) is 0. The molecule has 1 aliphatic rings. The zero-order chi connectivity index (χ0) is 16.2. The summed E-state index contributed by atoms with van der Waals surface area (Å²) in [5, 5.41) is 8.11. The SMILES string of the molecule is CN(C)C(=O)Nc1cc2cc(OC3CCNCC3)ccc2cn1.Cl. The molecular weight excluding hydrogens is 328 g/mol. The smallest absolute Gasteiger partial charge is 0.322 e. The van der Waals surface area contributed by atoms with Gasteiger partial charge in [-0.15, -0.1) is 12.4 Å². The van der Waals surface area contributed by atoms with E-state index in [0.29, 0.717) is 5.82 Å². The molecule has 2 heterocycles. The molecule has 0 saturated carbocycles. The molecule has 0 aliphatic carbocycles. The van der Waals surface area contributed by atoms with Crippen LogP contribution in [0.3, 0.4) is 0 Å². The highest BCUT2D eigenvalue weighted by atomic mass is 35.5. The standard InChI is InChI=1S/C17H22N4O2.ClH/c1-21(2)17(22)20-16-10-13-9-15(4-3-12(13)11-19-16)23-14-5-7-18-8-6-14;/h3-4,9-11,14,18H,5-8H2,1-2H3,(H,19,20,22);1H. The van der Waals surface area contributed by atoms with Crippen LogP contribution >= 0.6 is 12.4 Å². The highest BCUT2D eigenvalue weighted by Gasteiger charge is 2.14. The first-order chi connectivity index (χ1) is 11.1. The van der Waals surface area contributed by atoms with Gasteiger partial charge >= 0.3 is 6.03 Å². The number of nitrogens with zero attached hydrogens (tertiary/aromatic N) is 2. The normalized spacial score (nSPS) is 14.8. The van der Waals surface area contributed by atoms with Gasteiger partial charge in [0.1, 0.15) is 17.7 Å². The number of pyridine rings is 1. The monoisotopic (exact) mass is 350 g/mol. The molecule has 0 unspecified atom stereocenters. The van der Waals surface area contributed by atoms with Crippen LogP contribution < -0.4 is 15.4 Å². The van der Waals surface area contributed by atoms with Crippen LogP contribution in [0.15, 0.2) is 30.5 Å². The maximum absolute atomic E-state index is 11.7. The van der Waals surface area contributed by atoms with Crippen molar-refractivity contribution in [2.45, 2.75) is 18.9 Å². The predicted molar refractivity (Wildman–Crippen MR) is 98.2 cm³/mol. The van der Waals surface area contributed by atoms with Gasteiger partial charge in [0.25, 0.3) is 0 Å². The van der Waals surface area contributed by atoms with Crippen LogP contribution in [0.5, 0.6) is 5.75 Å². The van der Waals surface area contributed by atoms with Gasteiger partial charge in [0.05, 0.1) is 0 Å². The van der Waals surface area contributed by atoms with Crippen molar-refractivity contribution < 1.29 is 9.53 Å². The van der Waals surface area contributed by atoms with Crippen molar-refractivity contribution in [2.24, 2.45) is 0 Å². The van der Waals surface area contributed by atoms with Crippen LogP contribution in [0.4, 0.5) is 10.6 Å². The van der Waals surface area contributed by atoms with E-state index in [1.165, 1.54) is 4.90 Å². The number of ether oxygens (including phenoxy) is 1. The second-order valence-corrected chi connectivity index (χ2v) is 5.97. The minimum Gasteiger partial charge on any atom is -0.490 e. The predicted octanol–water partition coefficient (Wildman–Crippen LogP) is 2.88. The Hall–Kier alpha value is -2.05. The van der Waals surface area contributed by atoms with Crippen LogP contribution in [-0.2, 0) is 0 Å². The number of nitrogens with one attached hydrogen (secondary N) is 2. The highest BCUT2D eigenvalue weighted by molar-refractivity contribution is 5.91. The molecule has 0 radical (unpaired) electrons. The lowest BCUT2D eigenvalue weighted by atomic mass is 10.1.